The molecule has 0 radical (unpaired) electrons. The van der Waals surface area contributed by atoms with Crippen molar-refractivity contribution in [2.24, 2.45) is 0 Å². The van der Waals surface area contributed by atoms with Gasteiger partial charge in [-0.2, -0.15) is 0 Å². The van der Waals surface area contributed by atoms with E-state index in [1.165, 1.54) is 25.6 Å². The summed E-state index contributed by atoms with van der Waals surface area (Å²) in [4.78, 5) is 13.7. The van der Waals surface area contributed by atoms with E-state index in [9.17, 15) is 4.79 Å². The maximum atomic E-state index is 11.4. The molecule has 0 aromatic heterocycles. The first kappa shape index (κ1) is 12.7. The molecular weight excluding hydrogens is 228 g/mol. The highest BCUT2D eigenvalue weighted by Gasteiger charge is 2.15. The number of hydrogen-bond acceptors (Lipinski definition) is 4. The second kappa shape index (κ2) is 5.76. The summed E-state index contributed by atoms with van der Waals surface area (Å²) in [6, 6.07) is 7.85. The van der Waals surface area contributed by atoms with Crippen LogP contribution in [0.15, 0.2) is 24.3 Å². The molecule has 0 spiro atoms. The number of hydrogen-bond donors (Lipinski definition) is 1. The van der Waals surface area contributed by atoms with E-state index in [4.69, 9.17) is 4.74 Å². The van der Waals surface area contributed by atoms with Crippen molar-refractivity contribution < 1.29 is 9.53 Å². The Balaban J connectivity index is 2.05. The largest absolute Gasteiger partial charge is 0.467 e. The zero-order valence-electron chi connectivity index (χ0n) is 11.0. The zero-order valence-corrected chi connectivity index (χ0v) is 11.0. The molecular formula is C14H20N2O2. The molecule has 1 aliphatic rings. The Kier molecular flexibility index (Phi) is 4.07. The van der Waals surface area contributed by atoms with Crippen LogP contribution >= 0.6 is 0 Å². The third-order valence-corrected chi connectivity index (χ3v) is 3.26. The minimum atomic E-state index is -0.330. The van der Waals surface area contributed by atoms with Crippen LogP contribution in [0, 0.1) is 0 Å². The molecule has 0 aliphatic carbocycles. The number of carbonyl (C=O) groups is 1. The fourth-order valence-electron chi connectivity index (χ4n) is 2.25. The van der Waals surface area contributed by atoms with Gasteiger partial charge in [0, 0.05) is 24.5 Å². The van der Waals surface area contributed by atoms with Crippen LogP contribution in [0.3, 0.4) is 0 Å². The molecule has 18 heavy (non-hydrogen) atoms. The second-order valence-corrected chi connectivity index (χ2v) is 4.63. The van der Waals surface area contributed by atoms with Crippen LogP contribution in [0.25, 0.3) is 0 Å². The lowest BCUT2D eigenvalue weighted by Gasteiger charge is -2.19. The lowest BCUT2D eigenvalue weighted by atomic mass is 10.2. The number of nitrogens with one attached hydrogen (secondary N) is 1. The number of esters is 1. The van der Waals surface area contributed by atoms with Crippen molar-refractivity contribution in [1.82, 2.24) is 0 Å². The molecule has 1 saturated heterocycles. The maximum Gasteiger partial charge on any atom is 0.327 e. The van der Waals surface area contributed by atoms with E-state index in [2.05, 4.69) is 22.3 Å². The van der Waals surface area contributed by atoms with Crippen molar-refractivity contribution >= 4 is 17.3 Å². The van der Waals surface area contributed by atoms with E-state index in [0.29, 0.717) is 0 Å². The van der Waals surface area contributed by atoms with Crippen molar-refractivity contribution in [1.29, 1.82) is 0 Å². The molecule has 0 bridgehead atoms. The molecule has 1 N–H and O–H groups in total. The molecule has 1 unspecified atom stereocenters. The molecule has 4 heteroatoms. The molecule has 4 nitrogen and oxygen atoms in total. The number of methoxy groups -OCH3 is 1. The highest BCUT2D eigenvalue weighted by molar-refractivity contribution is 5.79. The lowest BCUT2D eigenvalue weighted by molar-refractivity contribution is -0.141. The number of carbonyl (C=O) groups excluding carboxylic acids is 1. The second-order valence-electron chi connectivity index (χ2n) is 4.63. The third kappa shape index (κ3) is 2.94. The molecule has 0 amide bonds. The Hall–Kier alpha value is -1.71. The van der Waals surface area contributed by atoms with Crippen LogP contribution in [-0.2, 0) is 9.53 Å². The first-order chi connectivity index (χ1) is 8.70. The summed E-state index contributed by atoms with van der Waals surface area (Å²) < 4.78 is 4.70. The zero-order chi connectivity index (χ0) is 13.0. The van der Waals surface area contributed by atoms with E-state index in [-0.39, 0.29) is 12.0 Å². The van der Waals surface area contributed by atoms with Crippen molar-refractivity contribution in [3.8, 4) is 0 Å². The predicted octanol–water partition coefficient (Wildman–Crippen LogP) is 2.26. The highest BCUT2D eigenvalue weighted by atomic mass is 16.5. The fraction of sp³-hybridized carbons (Fsp3) is 0.500. The van der Waals surface area contributed by atoms with Gasteiger partial charge in [0.2, 0.25) is 0 Å². The Labute approximate surface area is 108 Å². The van der Waals surface area contributed by atoms with Crippen LogP contribution in [-0.4, -0.2) is 32.2 Å². The predicted molar refractivity (Wildman–Crippen MR) is 73.0 cm³/mol. The van der Waals surface area contributed by atoms with Gasteiger partial charge in [0.25, 0.3) is 0 Å². The van der Waals surface area contributed by atoms with Crippen LogP contribution in [0.5, 0.6) is 0 Å². The summed E-state index contributed by atoms with van der Waals surface area (Å²) in [6.45, 7) is 4.04. The summed E-state index contributed by atoms with van der Waals surface area (Å²) in [7, 11) is 1.40. The first-order valence-corrected chi connectivity index (χ1v) is 6.40. The highest BCUT2D eigenvalue weighted by Crippen LogP contribution is 2.23. The quantitative estimate of drug-likeness (QED) is 0.830. The number of ether oxygens (including phenoxy) is 1. The van der Waals surface area contributed by atoms with E-state index in [0.717, 1.165) is 18.8 Å². The van der Waals surface area contributed by atoms with Gasteiger partial charge in [0.1, 0.15) is 6.04 Å². The molecule has 1 aromatic rings. The fourth-order valence-corrected chi connectivity index (χ4v) is 2.25. The van der Waals surface area contributed by atoms with Gasteiger partial charge < -0.3 is 15.0 Å². The first-order valence-electron chi connectivity index (χ1n) is 6.40. The van der Waals surface area contributed by atoms with E-state index >= 15 is 0 Å². The molecule has 1 fully saturated rings. The molecule has 1 aliphatic heterocycles. The summed E-state index contributed by atoms with van der Waals surface area (Å²) in [5.41, 5.74) is 2.17. The smallest absolute Gasteiger partial charge is 0.327 e. The molecule has 2 rings (SSSR count). The summed E-state index contributed by atoms with van der Waals surface area (Å²) in [6.07, 6.45) is 2.52. The number of rotatable bonds is 4. The Morgan fingerprint density at radius 3 is 2.78 bits per heavy atom. The monoisotopic (exact) mass is 248 g/mol. The van der Waals surface area contributed by atoms with Crippen LogP contribution in [0.2, 0.25) is 0 Å². The molecule has 0 saturated carbocycles. The van der Waals surface area contributed by atoms with Gasteiger partial charge in [0.05, 0.1) is 7.11 Å². The minimum Gasteiger partial charge on any atom is -0.467 e. The Bertz CT molecular complexity index is 414. The molecule has 1 aromatic carbocycles. The average molecular weight is 248 g/mol. The van der Waals surface area contributed by atoms with Gasteiger partial charge in [-0.05, 0) is 38.0 Å². The van der Waals surface area contributed by atoms with Gasteiger partial charge in [0.15, 0.2) is 0 Å². The SMILES string of the molecule is COC(=O)C(C)Nc1cccc(N2CCCC2)c1. The normalized spacial score (nSPS) is 16.4. The number of nitrogens with zero attached hydrogens (tertiary/aromatic N) is 1. The summed E-state index contributed by atoms with van der Waals surface area (Å²) in [5.74, 6) is -0.249. The third-order valence-electron chi connectivity index (χ3n) is 3.26. The van der Waals surface area contributed by atoms with Gasteiger partial charge in [-0.25, -0.2) is 4.79 Å². The molecule has 98 valence electrons. The van der Waals surface area contributed by atoms with Crippen molar-refractivity contribution in [3.05, 3.63) is 24.3 Å². The van der Waals surface area contributed by atoms with Crippen molar-refractivity contribution in [2.75, 3.05) is 30.4 Å². The Morgan fingerprint density at radius 1 is 1.39 bits per heavy atom. The van der Waals surface area contributed by atoms with Gasteiger partial charge >= 0.3 is 5.97 Å². The topological polar surface area (TPSA) is 41.6 Å². The number of anilines is 2. The van der Waals surface area contributed by atoms with E-state index in [1.807, 2.05) is 12.1 Å². The average Bonchev–Trinajstić information content (AvgIpc) is 2.92. The minimum absolute atomic E-state index is 0.249. The summed E-state index contributed by atoms with van der Waals surface area (Å²) in [5, 5.41) is 3.16. The van der Waals surface area contributed by atoms with Crippen LogP contribution in [0.4, 0.5) is 11.4 Å². The van der Waals surface area contributed by atoms with E-state index in [1.54, 1.807) is 6.92 Å². The van der Waals surface area contributed by atoms with Crippen molar-refractivity contribution in [3.63, 3.8) is 0 Å². The van der Waals surface area contributed by atoms with Gasteiger partial charge in [-0.3, -0.25) is 0 Å². The van der Waals surface area contributed by atoms with Crippen LogP contribution in [0.1, 0.15) is 19.8 Å². The standard InChI is InChI=1S/C14H20N2O2/c1-11(14(17)18-2)15-12-6-5-7-13(10-12)16-8-3-4-9-16/h5-7,10-11,15H,3-4,8-9H2,1-2H3. The molecule has 1 heterocycles. The van der Waals surface area contributed by atoms with Gasteiger partial charge in [-0.15, -0.1) is 0 Å². The lowest BCUT2D eigenvalue weighted by Crippen LogP contribution is -2.27. The van der Waals surface area contributed by atoms with E-state index < -0.39 is 0 Å². The van der Waals surface area contributed by atoms with Crippen molar-refractivity contribution in [2.45, 2.75) is 25.8 Å². The Morgan fingerprint density at radius 2 is 2.11 bits per heavy atom. The molecule has 1 atom stereocenters. The van der Waals surface area contributed by atoms with Gasteiger partial charge in [-0.1, -0.05) is 6.07 Å². The van der Waals surface area contributed by atoms with Crippen LogP contribution < -0.4 is 10.2 Å². The summed E-state index contributed by atoms with van der Waals surface area (Å²) >= 11 is 0. The maximum absolute atomic E-state index is 11.4. The number of benzene rings is 1.